The molecule has 0 aromatic carbocycles. The Morgan fingerprint density at radius 2 is 2.08 bits per heavy atom. The summed E-state index contributed by atoms with van der Waals surface area (Å²) < 4.78 is 25.2. The summed E-state index contributed by atoms with van der Waals surface area (Å²) in [6.45, 7) is 3.77. The molecule has 1 atom stereocenters. The summed E-state index contributed by atoms with van der Waals surface area (Å²) in [4.78, 5) is 0. The van der Waals surface area contributed by atoms with Crippen molar-refractivity contribution in [3.8, 4) is 0 Å². The van der Waals surface area contributed by atoms with Gasteiger partial charge in [-0.3, -0.25) is 0 Å². The van der Waals surface area contributed by atoms with E-state index < -0.39 is 10.0 Å². The van der Waals surface area contributed by atoms with E-state index in [9.17, 15) is 8.42 Å². The quantitative estimate of drug-likeness (QED) is 0.713. The molecule has 0 rings (SSSR count). The van der Waals surface area contributed by atoms with Crippen LogP contribution in [0.15, 0.2) is 0 Å². The van der Waals surface area contributed by atoms with Crippen LogP contribution < -0.4 is 4.72 Å². The Morgan fingerprint density at radius 3 is 2.54 bits per heavy atom. The van der Waals surface area contributed by atoms with Crippen LogP contribution >= 0.6 is 11.8 Å². The second-order valence-corrected chi connectivity index (χ2v) is 5.98. The van der Waals surface area contributed by atoms with E-state index in [-0.39, 0.29) is 11.8 Å². The predicted octanol–water partition coefficient (Wildman–Crippen LogP) is 1.46. The molecule has 0 fully saturated rings. The Bertz CT molecular complexity index is 214. The molecule has 0 heterocycles. The summed E-state index contributed by atoms with van der Waals surface area (Å²) in [6, 6.07) is 0.0593. The van der Waals surface area contributed by atoms with Crippen LogP contribution in [-0.4, -0.2) is 32.2 Å². The fraction of sp³-hybridized carbons (Fsp3) is 1.00. The highest BCUT2D eigenvalue weighted by atomic mass is 32.2. The molecule has 5 heteroatoms. The number of hydrogen-bond donors (Lipinski definition) is 1. The van der Waals surface area contributed by atoms with Gasteiger partial charge in [0, 0.05) is 6.04 Å². The second kappa shape index (κ2) is 6.68. The van der Waals surface area contributed by atoms with Crippen LogP contribution in [0.1, 0.15) is 26.7 Å². The third-order valence-corrected chi connectivity index (χ3v) is 3.96. The zero-order valence-corrected chi connectivity index (χ0v) is 10.2. The number of thioether (sulfide) groups is 1. The maximum atomic E-state index is 11.3. The molecule has 0 aromatic heterocycles. The summed E-state index contributed by atoms with van der Waals surface area (Å²) in [5, 5.41) is 0. The van der Waals surface area contributed by atoms with Gasteiger partial charge < -0.3 is 0 Å². The van der Waals surface area contributed by atoms with Gasteiger partial charge >= 0.3 is 0 Å². The first-order valence-corrected chi connectivity index (χ1v) is 7.55. The van der Waals surface area contributed by atoms with Gasteiger partial charge in [0.05, 0.1) is 5.75 Å². The van der Waals surface area contributed by atoms with Crippen LogP contribution in [0.3, 0.4) is 0 Å². The summed E-state index contributed by atoms with van der Waals surface area (Å²) in [5.74, 6) is 1.23. The lowest BCUT2D eigenvalue weighted by Gasteiger charge is -2.12. The molecule has 0 aliphatic rings. The molecule has 3 nitrogen and oxygen atoms in total. The van der Waals surface area contributed by atoms with Crippen LogP contribution in [0.25, 0.3) is 0 Å². The number of sulfonamides is 1. The van der Waals surface area contributed by atoms with Gasteiger partial charge in [-0.05, 0) is 31.8 Å². The number of nitrogens with one attached hydrogen (secondary N) is 1. The van der Waals surface area contributed by atoms with E-state index in [1.165, 1.54) is 0 Å². The molecule has 0 spiro atoms. The molecular formula is C8H19NO2S2. The third-order valence-electron chi connectivity index (χ3n) is 1.61. The molecule has 0 aliphatic heterocycles. The van der Waals surface area contributed by atoms with Crippen molar-refractivity contribution >= 4 is 21.8 Å². The van der Waals surface area contributed by atoms with Crippen LogP contribution in [0, 0.1) is 0 Å². The van der Waals surface area contributed by atoms with Crippen LogP contribution in [0.4, 0.5) is 0 Å². The van der Waals surface area contributed by atoms with Gasteiger partial charge in [-0.25, -0.2) is 13.1 Å². The van der Waals surface area contributed by atoms with Crippen LogP contribution in [0.2, 0.25) is 0 Å². The Morgan fingerprint density at radius 1 is 1.46 bits per heavy atom. The Balaban J connectivity index is 3.82. The summed E-state index contributed by atoms with van der Waals surface area (Å²) >= 11 is 1.73. The highest BCUT2D eigenvalue weighted by Crippen LogP contribution is 2.01. The van der Waals surface area contributed by atoms with E-state index in [1.807, 2.05) is 20.1 Å². The van der Waals surface area contributed by atoms with E-state index in [0.717, 1.165) is 12.2 Å². The average Bonchev–Trinajstić information content (AvgIpc) is 1.99. The highest BCUT2D eigenvalue weighted by molar-refractivity contribution is 7.98. The van der Waals surface area contributed by atoms with Gasteiger partial charge in [0.15, 0.2) is 0 Å². The van der Waals surface area contributed by atoms with Crippen molar-refractivity contribution in [2.75, 3.05) is 17.8 Å². The van der Waals surface area contributed by atoms with Gasteiger partial charge in [0.1, 0.15) is 0 Å². The van der Waals surface area contributed by atoms with Gasteiger partial charge in [-0.2, -0.15) is 11.8 Å². The van der Waals surface area contributed by atoms with E-state index in [4.69, 9.17) is 0 Å². The van der Waals surface area contributed by atoms with Crippen LogP contribution in [0.5, 0.6) is 0 Å². The second-order valence-electron chi connectivity index (χ2n) is 3.12. The van der Waals surface area contributed by atoms with E-state index in [2.05, 4.69) is 4.72 Å². The summed E-state index contributed by atoms with van der Waals surface area (Å²) in [6.07, 6.45) is 3.59. The van der Waals surface area contributed by atoms with Crippen molar-refractivity contribution in [2.45, 2.75) is 32.7 Å². The lowest BCUT2D eigenvalue weighted by Crippen LogP contribution is -2.34. The minimum atomic E-state index is -3.02. The number of rotatable bonds is 7. The fourth-order valence-electron chi connectivity index (χ4n) is 0.988. The van der Waals surface area contributed by atoms with Crippen molar-refractivity contribution in [3.63, 3.8) is 0 Å². The molecule has 0 saturated carbocycles. The first-order chi connectivity index (χ1) is 6.02. The molecule has 0 radical (unpaired) electrons. The maximum absolute atomic E-state index is 11.3. The van der Waals surface area contributed by atoms with Crippen molar-refractivity contribution in [1.82, 2.24) is 4.72 Å². The van der Waals surface area contributed by atoms with Crippen LogP contribution in [-0.2, 0) is 10.0 Å². The molecule has 0 aliphatic carbocycles. The Hall–Kier alpha value is 0.260. The monoisotopic (exact) mass is 225 g/mol. The van der Waals surface area contributed by atoms with E-state index in [1.54, 1.807) is 11.8 Å². The lowest BCUT2D eigenvalue weighted by molar-refractivity contribution is 0.556. The molecule has 0 aromatic rings. The van der Waals surface area contributed by atoms with Gasteiger partial charge in [-0.15, -0.1) is 0 Å². The maximum Gasteiger partial charge on any atom is 0.211 e. The molecule has 0 bridgehead atoms. The Kier molecular flexibility index (Phi) is 6.81. The standard InChI is InChI=1S/C8H19NO2S2/c1-4-7-13(10,11)9-8(2)5-6-12-3/h8-9H,4-7H2,1-3H3. The minimum Gasteiger partial charge on any atom is -0.212 e. The largest absolute Gasteiger partial charge is 0.212 e. The minimum absolute atomic E-state index is 0.0593. The van der Waals surface area contributed by atoms with Crippen molar-refractivity contribution in [1.29, 1.82) is 0 Å². The van der Waals surface area contributed by atoms with Crippen molar-refractivity contribution in [2.24, 2.45) is 0 Å². The zero-order valence-electron chi connectivity index (χ0n) is 8.54. The molecule has 0 amide bonds. The average molecular weight is 225 g/mol. The fourth-order valence-corrected chi connectivity index (χ4v) is 2.96. The first kappa shape index (κ1) is 13.3. The lowest BCUT2D eigenvalue weighted by atomic mass is 10.3. The number of hydrogen-bond acceptors (Lipinski definition) is 3. The normalized spacial score (nSPS) is 14.4. The summed E-state index contributed by atoms with van der Waals surface area (Å²) in [5.41, 5.74) is 0. The van der Waals surface area contributed by atoms with Crippen molar-refractivity contribution in [3.05, 3.63) is 0 Å². The smallest absolute Gasteiger partial charge is 0.211 e. The molecule has 13 heavy (non-hydrogen) atoms. The molecule has 1 N–H and O–H groups in total. The van der Waals surface area contributed by atoms with E-state index in [0.29, 0.717) is 6.42 Å². The Labute approximate surface area is 85.7 Å². The van der Waals surface area contributed by atoms with E-state index >= 15 is 0 Å². The first-order valence-electron chi connectivity index (χ1n) is 4.50. The molecule has 0 saturated heterocycles. The topological polar surface area (TPSA) is 46.2 Å². The predicted molar refractivity (Wildman–Crippen MR) is 59.7 cm³/mol. The molecular weight excluding hydrogens is 206 g/mol. The zero-order chi connectivity index (χ0) is 10.3. The molecule has 80 valence electrons. The van der Waals surface area contributed by atoms with Gasteiger partial charge in [0.25, 0.3) is 0 Å². The highest BCUT2D eigenvalue weighted by Gasteiger charge is 2.12. The van der Waals surface area contributed by atoms with Crippen molar-refractivity contribution < 1.29 is 8.42 Å². The summed E-state index contributed by atoms with van der Waals surface area (Å²) in [7, 11) is -3.02. The third kappa shape index (κ3) is 7.34. The van der Waals surface area contributed by atoms with Gasteiger partial charge in [-0.1, -0.05) is 6.92 Å². The SMILES string of the molecule is CCCS(=O)(=O)NC(C)CCSC. The van der Waals surface area contributed by atoms with Gasteiger partial charge in [0.2, 0.25) is 10.0 Å². The molecule has 1 unspecified atom stereocenters.